The van der Waals surface area contributed by atoms with E-state index in [1.807, 2.05) is 13.0 Å². The molecule has 0 aliphatic rings. The van der Waals surface area contributed by atoms with Crippen molar-refractivity contribution in [1.82, 2.24) is 24.9 Å². The van der Waals surface area contributed by atoms with Crippen LogP contribution in [0.1, 0.15) is 47.1 Å². The zero-order valence-electron chi connectivity index (χ0n) is 16.5. The van der Waals surface area contributed by atoms with Crippen molar-refractivity contribution >= 4 is 23.1 Å². The minimum Gasteiger partial charge on any atom is -0.338 e. The molecule has 150 valence electrons. The van der Waals surface area contributed by atoms with Crippen LogP contribution in [-0.2, 0) is 25.8 Å². The number of nitrogens with zero attached hydrogens (tertiary/aromatic N) is 5. The molecule has 6 nitrogen and oxygen atoms in total. The molecule has 3 heterocycles. The summed E-state index contributed by atoms with van der Waals surface area (Å²) in [5, 5.41) is 16.0. The molecule has 29 heavy (non-hydrogen) atoms. The van der Waals surface area contributed by atoms with Crippen molar-refractivity contribution in [3.8, 4) is 0 Å². The van der Waals surface area contributed by atoms with Gasteiger partial charge in [-0.1, -0.05) is 60.2 Å². The summed E-state index contributed by atoms with van der Waals surface area (Å²) in [4.78, 5) is 5.75. The zero-order chi connectivity index (χ0) is 20.1. The number of thioether (sulfide) groups is 1. The second-order valence-electron chi connectivity index (χ2n) is 6.70. The molecule has 1 atom stereocenters. The van der Waals surface area contributed by atoms with Crippen molar-refractivity contribution in [2.45, 2.75) is 50.1 Å². The van der Waals surface area contributed by atoms with Gasteiger partial charge in [-0.25, -0.2) is 0 Å². The Kier molecular flexibility index (Phi) is 6.41. The van der Waals surface area contributed by atoms with Crippen LogP contribution in [0.2, 0.25) is 0 Å². The smallest absolute Gasteiger partial charge is 0.239 e. The van der Waals surface area contributed by atoms with Crippen LogP contribution in [0, 0.1) is 0 Å². The highest BCUT2D eigenvalue weighted by atomic mass is 32.2. The lowest BCUT2D eigenvalue weighted by Gasteiger charge is -2.11. The summed E-state index contributed by atoms with van der Waals surface area (Å²) in [6.07, 6.45) is 2.48. The van der Waals surface area contributed by atoms with Gasteiger partial charge in [0.2, 0.25) is 5.89 Å². The fraction of sp³-hybridized carbons (Fsp3) is 0.333. The summed E-state index contributed by atoms with van der Waals surface area (Å²) in [5.74, 6) is 2.35. The highest BCUT2D eigenvalue weighted by Crippen LogP contribution is 2.33. The van der Waals surface area contributed by atoms with E-state index < -0.39 is 0 Å². The molecule has 0 spiro atoms. The highest BCUT2D eigenvalue weighted by Gasteiger charge is 2.21. The molecule has 8 heteroatoms. The van der Waals surface area contributed by atoms with Crippen molar-refractivity contribution < 1.29 is 4.52 Å². The average molecular weight is 426 g/mol. The third kappa shape index (κ3) is 4.94. The van der Waals surface area contributed by atoms with E-state index in [0.29, 0.717) is 5.89 Å². The van der Waals surface area contributed by atoms with E-state index in [1.54, 1.807) is 23.1 Å². The van der Waals surface area contributed by atoms with Gasteiger partial charge >= 0.3 is 0 Å². The van der Waals surface area contributed by atoms with Crippen LogP contribution < -0.4 is 0 Å². The van der Waals surface area contributed by atoms with Gasteiger partial charge in [0, 0.05) is 24.3 Å². The van der Waals surface area contributed by atoms with E-state index in [1.165, 1.54) is 10.4 Å². The number of hydrogen-bond donors (Lipinski definition) is 0. The fourth-order valence-corrected chi connectivity index (χ4v) is 4.63. The fourth-order valence-electron chi connectivity index (χ4n) is 3.00. The van der Waals surface area contributed by atoms with E-state index in [-0.39, 0.29) is 5.25 Å². The second kappa shape index (κ2) is 9.37. The molecule has 0 aliphatic heterocycles. The Hall–Kier alpha value is -2.45. The molecular weight excluding hydrogens is 402 g/mol. The van der Waals surface area contributed by atoms with Gasteiger partial charge < -0.3 is 9.09 Å². The van der Waals surface area contributed by atoms with E-state index in [0.717, 1.165) is 42.6 Å². The Morgan fingerprint density at radius 1 is 1.14 bits per heavy atom. The Balaban J connectivity index is 1.55. The molecule has 0 radical (unpaired) electrons. The first kappa shape index (κ1) is 19.8. The standard InChI is InChI=1S/C21H23N5OS2/c1-3-18-22-20(27-25-18)15(2)29-21-24-23-19(14-17-10-7-13-28-17)26(21)12-11-16-8-5-4-6-9-16/h4-10,13,15H,3,11-12,14H2,1-2H3. The van der Waals surface area contributed by atoms with E-state index >= 15 is 0 Å². The van der Waals surface area contributed by atoms with Crippen LogP contribution in [0.5, 0.6) is 0 Å². The molecule has 0 fully saturated rings. The molecule has 0 saturated heterocycles. The van der Waals surface area contributed by atoms with Gasteiger partial charge in [-0.05, 0) is 30.4 Å². The Bertz CT molecular complexity index is 1030. The van der Waals surface area contributed by atoms with E-state index in [4.69, 9.17) is 4.52 Å². The van der Waals surface area contributed by atoms with Crippen molar-refractivity contribution in [1.29, 1.82) is 0 Å². The summed E-state index contributed by atoms with van der Waals surface area (Å²) in [6, 6.07) is 14.7. The SMILES string of the molecule is CCc1noc(C(C)Sc2nnc(Cc3cccs3)n2CCc2ccccc2)n1. The van der Waals surface area contributed by atoms with Gasteiger partial charge in [-0.3, -0.25) is 0 Å². The lowest BCUT2D eigenvalue weighted by molar-refractivity contribution is 0.375. The minimum atomic E-state index is 0.0112. The maximum absolute atomic E-state index is 5.41. The monoisotopic (exact) mass is 425 g/mol. The van der Waals surface area contributed by atoms with E-state index in [2.05, 4.69) is 73.6 Å². The summed E-state index contributed by atoms with van der Waals surface area (Å²) in [7, 11) is 0. The summed E-state index contributed by atoms with van der Waals surface area (Å²) in [6.45, 7) is 4.91. The number of aryl methyl sites for hydroxylation is 2. The largest absolute Gasteiger partial charge is 0.338 e. The van der Waals surface area contributed by atoms with Crippen molar-refractivity contribution in [3.63, 3.8) is 0 Å². The van der Waals surface area contributed by atoms with Crippen molar-refractivity contribution in [2.75, 3.05) is 0 Å². The van der Waals surface area contributed by atoms with Crippen LogP contribution in [0.3, 0.4) is 0 Å². The molecule has 4 aromatic rings. The minimum absolute atomic E-state index is 0.0112. The molecule has 3 aromatic heterocycles. The maximum atomic E-state index is 5.41. The van der Waals surface area contributed by atoms with Gasteiger partial charge in [-0.2, -0.15) is 4.98 Å². The summed E-state index contributed by atoms with van der Waals surface area (Å²) < 4.78 is 7.64. The Morgan fingerprint density at radius 2 is 2.00 bits per heavy atom. The first-order valence-corrected chi connectivity index (χ1v) is 11.5. The molecule has 0 aliphatic carbocycles. The van der Waals surface area contributed by atoms with Gasteiger partial charge in [-0.15, -0.1) is 21.5 Å². The molecule has 0 amide bonds. The van der Waals surface area contributed by atoms with Crippen LogP contribution in [-0.4, -0.2) is 24.9 Å². The quantitative estimate of drug-likeness (QED) is 0.353. The molecule has 1 aromatic carbocycles. The first-order valence-electron chi connectivity index (χ1n) is 9.70. The topological polar surface area (TPSA) is 69.6 Å². The number of thiophene rings is 1. The molecule has 0 N–H and O–H groups in total. The molecule has 0 saturated carbocycles. The van der Waals surface area contributed by atoms with E-state index in [9.17, 15) is 0 Å². The first-order chi connectivity index (χ1) is 14.2. The van der Waals surface area contributed by atoms with Gasteiger partial charge in [0.25, 0.3) is 0 Å². The Labute approximate surface area is 178 Å². The molecule has 1 unspecified atom stereocenters. The van der Waals surface area contributed by atoms with Crippen molar-refractivity contribution in [2.24, 2.45) is 0 Å². The molecular formula is C21H23N5OS2. The third-order valence-corrected chi connectivity index (χ3v) is 6.55. The maximum Gasteiger partial charge on any atom is 0.239 e. The van der Waals surface area contributed by atoms with Crippen LogP contribution >= 0.6 is 23.1 Å². The highest BCUT2D eigenvalue weighted by molar-refractivity contribution is 7.99. The predicted octanol–water partition coefficient (Wildman–Crippen LogP) is 4.97. The number of aromatic nitrogens is 5. The summed E-state index contributed by atoms with van der Waals surface area (Å²) in [5.41, 5.74) is 1.30. The number of rotatable bonds is 9. The summed E-state index contributed by atoms with van der Waals surface area (Å²) >= 11 is 3.36. The predicted molar refractivity (Wildman–Crippen MR) is 115 cm³/mol. The van der Waals surface area contributed by atoms with Crippen LogP contribution in [0.4, 0.5) is 0 Å². The average Bonchev–Trinajstić information content (AvgIpc) is 3.49. The molecule has 0 bridgehead atoms. The lowest BCUT2D eigenvalue weighted by atomic mass is 10.1. The van der Waals surface area contributed by atoms with Crippen LogP contribution in [0.25, 0.3) is 0 Å². The molecule has 4 rings (SSSR count). The lowest BCUT2D eigenvalue weighted by Crippen LogP contribution is -2.08. The normalized spacial score (nSPS) is 12.3. The Morgan fingerprint density at radius 3 is 2.72 bits per heavy atom. The van der Waals surface area contributed by atoms with Crippen LogP contribution in [0.15, 0.2) is 57.5 Å². The zero-order valence-corrected chi connectivity index (χ0v) is 18.1. The third-order valence-electron chi connectivity index (χ3n) is 4.60. The number of hydrogen-bond acceptors (Lipinski definition) is 7. The van der Waals surface area contributed by atoms with Gasteiger partial charge in [0.1, 0.15) is 5.82 Å². The van der Waals surface area contributed by atoms with Gasteiger partial charge in [0.15, 0.2) is 11.0 Å². The van der Waals surface area contributed by atoms with Gasteiger partial charge in [0.05, 0.1) is 5.25 Å². The number of benzene rings is 1. The van der Waals surface area contributed by atoms with Crippen molar-refractivity contribution in [3.05, 3.63) is 75.8 Å². The second-order valence-corrected chi connectivity index (χ2v) is 9.04.